The fraction of sp³-hybridized carbons (Fsp3) is 0.714. The molecule has 0 amide bonds. The molecule has 1 aromatic rings. The third-order valence-electron chi connectivity index (χ3n) is 3.29. The monoisotopic (exact) mass is 299 g/mol. The van der Waals surface area contributed by atoms with Crippen molar-refractivity contribution in [1.29, 1.82) is 0 Å². The van der Waals surface area contributed by atoms with Gasteiger partial charge in [-0.2, -0.15) is 4.37 Å². The van der Waals surface area contributed by atoms with Crippen LogP contribution in [0.1, 0.15) is 56.8 Å². The Labute approximate surface area is 125 Å². The highest BCUT2D eigenvalue weighted by Gasteiger charge is 2.20. The molecule has 0 bridgehead atoms. The summed E-state index contributed by atoms with van der Waals surface area (Å²) in [5.41, 5.74) is 6.13. The van der Waals surface area contributed by atoms with Crippen molar-refractivity contribution in [2.24, 2.45) is 5.92 Å². The number of nitrogens with zero attached hydrogens (tertiary/aromatic N) is 1. The zero-order chi connectivity index (χ0) is 15.0. The van der Waals surface area contributed by atoms with E-state index in [1.165, 1.54) is 30.8 Å². The number of nitrogens with two attached hydrogens (primary N) is 1. The highest BCUT2D eigenvalue weighted by atomic mass is 32.1. The molecular weight excluding hydrogens is 274 g/mol. The maximum absolute atomic E-state index is 11.9. The SMILES string of the molecule is CCCCC(CC)CNc1snc(N)c1C(=O)OCC. The standard InChI is InChI=1S/C14H25N3O2S/c1-4-7-8-10(5-2)9-16-13-11(12(15)17-20-13)14(18)19-6-3/h10,16H,4-9H2,1-3H3,(H2,15,17). The molecule has 1 unspecified atom stereocenters. The molecular formula is C14H25N3O2S. The van der Waals surface area contributed by atoms with E-state index < -0.39 is 5.97 Å². The molecule has 0 spiro atoms. The number of esters is 1. The Morgan fingerprint density at radius 2 is 2.20 bits per heavy atom. The summed E-state index contributed by atoms with van der Waals surface area (Å²) in [6, 6.07) is 0. The largest absolute Gasteiger partial charge is 0.462 e. The number of hydrogen-bond acceptors (Lipinski definition) is 6. The van der Waals surface area contributed by atoms with Crippen molar-refractivity contribution in [1.82, 2.24) is 4.37 Å². The van der Waals surface area contributed by atoms with Gasteiger partial charge in [-0.1, -0.05) is 33.1 Å². The third-order valence-corrected chi connectivity index (χ3v) is 4.11. The number of rotatable bonds is 9. The molecule has 6 heteroatoms. The fourth-order valence-corrected chi connectivity index (χ4v) is 2.71. The van der Waals surface area contributed by atoms with E-state index >= 15 is 0 Å². The maximum atomic E-state index is 11.9. The lowest BCUT2D eigenvalue weighted by Gasteiger charge is -2.15. The van der Waals surface area contributed by atoms with E-state index in [9.17, 15) is 4.79 Å². The van der Waals surface area contributed by atoms with Gasteiger partial charge in [0.15, 0.2) is 5.82 Å². The second kappa shape index (κ2) is 8.79. The van der Waals surface area contributed by atoms with Gasteiger partial charge >= 0.3 is 5.97 Å². The lowest BCUT2D eigenvalue weighted by atomic mass is 9.99. The minimum Gasteiger partial charge on any atom is -0.462 e. The summed E-state index contributed by atoms with van der Waals surface area (Å²) in [7, 11) is 0. The second-order valence-corrected chi connectivity index (χ2v) is 5.56. The third kappa shape index (κ3) is 4.67. The van der Waals surface area contributed by atoms with E-state index in [0.717, 1.165) is 18.0 Å². The van der Waals surface area contributed by atoms with Gasteiger partial charge in [-0.25, -0.2) is 4.79 Å². The summed E-state index contributed by atoms with van der Waals surface area (Å²) < 4.78 is 9.06. The number of carbonyl (C=O) groups excluding carboxylic acids is 1. The van der Waals surface area contributed by atoms with Crippen molar-refractivity contribution in [2.45, 2.75) is 46.5 Å². The first-order chi connectivity index (χ1) is 9.63. The van der Waals surface area contributed by atoms with E-state index in [1.807, 2.05) is 0 Å². The maximum Gasteiger partial charge on any atom is 0.344 e. The minimum atomic E-state index is -0.400. The van der Waals surface area contributed by atoms with Gasteiger partial charge < -0.3 is 15.8 Å². The van der Waals surface area contributed by atoms with Crippen molar-refractivity contribution in [3.63, 3.8) is 0 Å². The number of aromatic nitrogens is 1. The number of nitrogen functional groups attached to an aromatic ring is 1. The topological polar surface area (TPSA) is 77.2 Å². The first-order valence-corrected chi connectivity index (χ1v) is 8.07. The molecule has 0 aromatic carbocycles. The zero-order valence-electron chi connectivity index (χ0n) is 12.6. The van der Waals surface area contributed by atoms with Gasteiger partial charge in [-0.3, -0.25) is 0 Å². The normalized spacial score (nSPS) is 12.2. The van der Waals surface area contributed by atoms with Gasteiger partial charge in [-0.05, 0) is 30.8 Å². The van der Waals surface area contributed by atoms with E-state index in [-0.39, 0.29) is 5.82 Å². The van der Waals surface area contributed by atoms with E-state index in [2.05, 4.69) is 23.5 Å². The Kier molecular flexibility index (Phi) is 7.36. The van der Waals surface area contributed by atoms with Gasteiger partial charge in [0, 0.05) is 6.54 Å². The molecule has 0 aliphatic rings. The van der Waals surface area contributed by atoms with Crippen LogP contribution < -0.4 is 11.1 Å². The average molecular weight is 299 g/mol. The molecule has 1 heterocycles. The summed E-state index contributed by atoms with van der Waals surface area (Å²) in [6.07, 6.45) is 4.76. The van der Waals surface area contributed by atoms with Gasteiger partial charge in [0.25, 0.3) is 0 Å². The van der Waals surface area contributed by atoms with Crippen LogP contribution in [0.5, 0.6) is 0 Å². The molecule has 0 saturated heterocycles. The lowest BCUT2D eigenvalue weighted by Crippen LogP contribution is -2.15. The number of ether oxygens (including phenoxy) is 1. The molecule has 0 radical (unpaired) electrons. The number of nitrogens with one attached hydrogen (secondary N) is 1. The minimum absolute atomic E-state index is 0.248. The van der Waals surface area contributed by atoms with Crippen LogP contribution in [0.4, 0.5) is 10.8 Å². The molecule has 0 saturated carbocycles. The Balaban J connectivity index is 2.65. The van der Waals surface area contributed by atoms with Gasteiger partial charge in [-0.15, -0.1) is 0 Å². The van der Waals surface area contributed by atoms with Crippen LogP contribution >= 0.6 is 11.5 Å². The second-order valence-electron chi connectivity index (χ2n) is 4.79. The molecule has 0 fully saturated rings. The molecule has 1 aromatic heterocycles. The Morgan fingerprint density at radius 1 is 1.45 bits per heavy atom. The summed E-state index contributed by atoms with van der Waals surface area (Å²) in [5, 5.41) is 4.03. The highest BCUT2D eigenvalue weighted by Crippen LogP contribution is 2.28. The molecule has 1 rings (SSSR count). The zero-order valence-corrected chi connectivity index (χ0v) is 13.4. The first kappa shape index (κ1) is 16.8. The number of carbonyl (C=O) groups is 1. The predicted octanol–water partition coefficient (Wildman–Crippen LogP) is 3.53. The lowest BCUT2D eigenvalue weighted by molar-refractivity contribution is 0.0529. The van der Waals surface area contributed by atoms with Crippen LogP contribution in [0.15, 0.2) is 0 Å². The van der Waals surface area contributed by atoms with Crippen molar-refractivity contribution in [3.8, 4) is 0 Å². The van der Waals surface area contributed by atoms with Crippen molar-refractivity contribution < 1.29 is 9.53 Å². The van der Waals surface area contributed by atoms with Crippen LogP contribution in [0.3, 0.4) is 0 Å². The van der Waals surface area contributed by atoms with E-state index in [4.69, 9.17) is 10.5 Å². The number of unbranched alkanes of at least 4 members (excludes halogenated alkanes) is 1. The van der Waals surface area contributed by atoms with Crippen molar-refractivity contribution in [3.05, 3.63) is 5.56 Å². The van der Waals surface area contributed by atoms with E-state index in [0.29, 0.717) is 18.1 Å². The summed E-state index contributed by atoms with van der Waals surface area (Å²) in [5.74, 6) is 0.453. The first-order valence-electron chi connectivity index (χ1n) is 7.30. The Bertz CT molecular complexity index is 421. The van der Waals surface area contributed by atoms with Gasteiger partial charge in [0.05, 0.1) is 6.61 Å². The average Bonchev–Trinajstić information content (AvgIpc) is 2.80. The van der Waals surface area contributed by atoms with Gasteiger partial charge in [0.2, 0.25) is 0 Å². The molecule has 0 aliphatic carbocycles. The van der Waals surface area contributed by atoms with Crippen LogP contribution in [-0.2, 0) is 4.74 Å². The number of hydrogen-bond donors (Lipinski definition) is 2. The van der Waals surface area contributed by atoms with Crippen LogP contribution in [0.2, 0.25) is 0 Å². The Morgan fingerprint density at radius 3 is 2.80 bits per heavy atom. The highest BCUT2D eigenvalue weighted by molar-refractivity contribution is 7.11. The van der Waals surface area contributed by atoms with Crippen molar-refractivity contribution >= 4 is 28.3 Å². The van der Waals surface area contributed by atoms with E-state index in [1.54, 1.807) is 6.92 Å². The quantitative estimate of drug-likeness (QED) is 0.682. The van der Waals surface area contributed by atoms with Gasteiger partial charge in [0.1, 0.15) is 10.6 Å². The summed E-state index contributed by atoms with van der Waals surface area (Å²) in [4.78, 5) is 11.9. The molecule has 1 atom stereocenters. The molecule has 0 aliphatic heterocycles. The van der Waals surface area contributed by atoms with Crippen molar-refractivity contribution in [2.75, 3.05) is 24.2 Å². The molecule has 20 heavy (non-hydrogen) atoms. The van der Waals surface area contributed by atoms with Crippen LogP contribution in [0.25, 0.3) is 0 Å². The molecule has 3 N–H and O–H groups in total. The number of anilines is 2. The fourth-order valence-electron chi connectivity index (χ4n) is 2.00. The molecule has 5 nitrogen and oxygen atoms in total. The summed E-state index contributed by atoms with van der Waals surface area (Å²) >= 11 is 1.22. The Hall–Kier alpha value is -1.30. The molecule has 114 valence electrons. The van der Waals surface area contributed by atoms with Crippen LogP contribution in [-0.4, -0.2) is 23.5 Å². The van der Waals surface area contributed by atoms with Crippen LogP contribution in [0, 0.1) is 5.92 Å². The smallest absolute Gasteiger partial charge is 0.344 e. The predicted molar refractivity (Wildman–Crippen MR) is 84.3 cm³/mol. The summed E-state index contributed by atoms with van der Waals surface area (Å²) in [6.45, 7) is 7.34.